The molecule has 204 valence electrons. The van der Waals surface area contributed by atoms with Crippen LogP contribution < -0.4 is 9.47 Å². The number of allylic oxidation sites excluding steroid dienone is 2. The Balaban J connectivity index is 1.76. The van der Waals surface area contributed by atoms with Gasteiger partial charge in [-0.05, 0) is 60.7 Å². The molecule has 0 fully saturated rings. The van der Waals surface area contributed by atoms with E-state index in [0.29, 0.717) is 11.5 Å². The number of nitrogens with zero attached hydrogens (tertiary/aromatic N) is 1. The van der Waals surface area contributed by atoms with Gasteiger partial charge in [0.05, 0.1) is 19.5 Å². The summed E-state index contributed by atoms with van der Waals surface area (Å²) in [6, 6.07) is 14.0. The first-order valence-electron chi connectivity index (χ1n) is 11.2. The third kappa shape index (κ3) is 7.17. The SMILES string of the molecule is COc1ccc(CN(Cc2ccc(OC)cc2)S(=O)(=O)[C@H](C)C[C@@H]2C=C(OS(=O)(=O)C(F)(F)F)C2)cc1. The molecule has 2 aromatic carbocycles. The van der Waals surface area contributed by atoms with Gasteiger partial charge < -0.3 is 13.7 Å². The Kier molecular flexibility index (Phi) is 8.81. The lowest BCUT2D eigenvalue weighted by molar-refractivity contribution is -0.0527. The topological polar surface area (TPSA) is 99.2 Å². The monoisotopic (exact) mass is 563 g/mol. The van der Waals surface area contributed by atoms with E-state index in [9.17, 15) is 30.0 Å². The van der Waals surface area contributed by atoms with Crippen LogP contribution in [-0.2, 0) is 37.4 Å². The van der Waals surface area contributed by atoms with E-state index >= 15 is 0 Å². The summed E-state index contributed by atoms with van der Waals surface area (Å²) in [5.74, 6) is 0.472. The summed E-state index contributed by atoms with van der Waals surface area (Å²) < 4.78 is 103. The third-order valence-electron chi connectivity index (χ3n) is 5.92. The molecule has 2 aromatic rings. The lowest BCUT2D eigenvalue weighted by Crippen LogP contribution is -2.38. The van der Waals surface area contributed by atoms with Crippen molar-refractivity contribution in [3.8, 4) is 11.5 Å². The normalized spacial score (nSPS) is 17.1. The van der Waals surface area contributed by atoms with E-state index < -0.39 is 36.8 Å². The fraction of sp³-hybridized carbons (Fsp3) is 0.417. The Morgan fingerprint density at radius 3 is 1.70 bits per heavy atom. The van der Waals surface area contributed by atoms with Gasteiger partial charge in [0, 0.05) is 19.5 Å². The molecule has 0 N–H and O–H groups in total. The van der Waals surface area contributed by atoms with Crippen molar-refractivity contribution in [1.82, 2.24) is 4.31 Å². The van der Waals surface area contributed by atoms with Crippen molar-refractivity contribution < 1.29 is 43.7 Å². The van der Waals surface area contributed by atoms with Gasteiger partial charge in [-0.15, -0.1) is 0 Å². The van der Waals surface area contributed by atoms with E-state index in [4.69, 9.17) is 9.47 Å². The van der Waals surface area contributed by atoms with Crippen LogP contribution in [0.15, 0.2) is 60.4 Å². The van der Waals surface area contributed by atoms with Gasteiger partial charge in [0.2, 0.25) is 10.0 Å². The fourth-order valence-corrected chi connectivity index (χ4v) is 5.95. The maximum absolute atomic E-state index is 13.6. The second-order valence-electron chi connectivity index (χ2n) is 8.64. The Morgan fingerprint density at radius 1 is 0.892 bits per heavy atom. The summed E-state index contributed by atoms with van der Waals surface area (Å²) in [5, 5.41) is -0.897. The van der Waals surface area contributed by atoms with E-state index in [1.165, 1.54) is 31.5 Å². The molecule has 0 heterocycles. The Morgan fingerprint density at radius 2 is 1.32 bits per heavy atom. The number of methoxy groups -OCH3 is 2. The number of hydrogen-bond donors (Lipinski definition) is 0. The summed E-state index contributed by atoms with van der Waals surface area (Å²) in [6.45, 7) is 1.69. The van der Waals surface area contributed by atoms with Crippen LogP contribution in [0.5, 0.6) is 11.5 Å². The average Bonchev–Trinajstić information content (AvgIpc) is 2.82. The Labute approximate surface area is 214 Å². The second-order valence-corrected chi connectivity index (χ2v) is 12.5. The summed E-state index contributed by atoms with van der Waals surface area (Å²) in [5.41, 5.74) is -4.05. The molecule has 37 heavy (non-hydrogen) atoms. The molecule has 3 rings (SSSR count). The molecule has 2 atom stereocenters. The Hall–Kier alpha value is -2.77. The maximum Gasteiger partial charge on any atom is 0.534 e. The van der Waals surface area contributed by atoms with Crippen LogP contribution in [0.25, 0.3) is 0 Å². The standard InChI is InChI=1S/C24H28F3NO7S2/c1-17(12-20-13-23(14-20)35-37(31,32)24(25,26)27)36(29,30)28(15-18-4-8-21(33-2)9-5-18)16-19-6-10-22(34-3)11-7-19/h4-11,13,17,20H,12,14-16H2,1-3H3/t17-,20-/m1/s1. The minimum Gasteiger partial charge on any atom is -0.497 e. The van der Waals surface area contributed by atoms with E-state index in [1.54, 1.807) is 48.5 Å². The lowest BCUT2D eigenvalue weighted by atomic mass is 9.89. The first kappa shape index (κ1) is 28.8. The van der Waals surface area contributed by atoms with Crippen molar-refractivity contribution in [2.24, 2.45) is 5.92 Å². The van der Waals surface area contributed by atoms with Gasteiger partial charge in [-0.25, -0.2) is 8.42 Å². The van der Waals surface area contributed by atoms with Crippen LogP contribution in [0.1, 0.15) is 30.9 Å². The van der Waals surface area contributed by atoms with Gasteiger partial charge in [-0.3, -0.25) is 0 Å². The molecule has 0 aromatic heterocycles. The molecule has 1 aliphatic rings. The zero-order chi connectivity index (χ0) is 27.4. The van der Waals surface area contributed by atoms with Crippen LogP contribution in [0.3, 0.4) is 0 Å². The molecule has 0 saturated heterocycles. The van der Waals surface area contributed by atoms with Gasteiger partial charge in [0.25, 0.3) is 0 Å². The summed E-state index contributed by atoms with van der Waals surface area (Å²) in [4.78, 5) is 0. The lowest BCUT2D eigenvalue weighted by Gasteiger charge is -2.30. The third-order valence-corrected chi connectivity index (χ3v) is 9.11. The number of ether oxygens (including phenoxy) is 2. The van der Waals surface area contributed by atoms with Gasteiger partial charge in [0.1, 0.15) is 17.3 Å². The molecule has 0 spiro atoms. The zero-order valence-electron chi connectivity index (χ0n) is 20.4. The molecule has 13 heteroatoms. The Bertz CT molecular complexity index is 1260. The largest absolute Gasteiger partial charge is 0.534 e. The molecule has 1 aliphatic carbocycles. The molecule has 0 bridgehead atoms. The molecule has 0 radical (unpaired) electrons. The van der Waals surface area contributed by atoms with Crippen molar-refractivity contribution in [3.05, 3.63) is 71.5 Å². The molecule has 0 saturated carbocycles. The van der Waals surface area contributed by atoms with Gasteiger partial charge in [-0.1, -0.05) is 24.3 Å². The average molecular weight is 564 g/mol. The number of alkyl halides is 3. The number of sulfonamides is 1. The van der Waals surface area contributed by atoms with Crippen molar-refractivity contribution in [2.45, 2.75) is 43.6 Å². The number of halogens is 3. The van der Waals surface area contributed by atoms with E-state index in [-0.39, 0.29) is 31.7 Å². The van der Waals surface area contributed by atoms with E-state index in [0.717, 1.165) is 11.1 Å². The first-order valence-corrected chi connectivity index (χ1v) is 14.1. The minimum absolute atomic E-state index is 0.0847. The summed E-state index contributed by atoms with van der Waals surface area (Å²) >= 11 is 0. The highest BCUT2D eigenvalue weighted by Crippen LogP contribution is 2.37. The number of hydrogen-bond acceptors (Lipinski definition) is 7. The molecule has 0 aliphatic heterocycles. The van der Waals surface area contributed by atoms with Crippen LogP contribution in [0.2, 0.25) is 0 Å². The highest BCUT2D eigenvalue weighted by atomic mass is 32.2. The molecule has 8 nitrogen and oxygen atoms in total. The first-order chi connectivity index (χ1) is 17.2. The zero-order valence-corrected chi connectivity index (χ0v) is 22.1. The van der Waals surface area contributed by atoms with Crippen molar-refractivity contribution in [1.29, 1.82) is 0 Å². The van der Waals surface area contributed by atoms with Crippen LogP contribution in [0.4, 0.5) is 13.2 Å². The predicted molar refractivity (Wildman–Crippen MR) is 130 cm³/mol. The highest BCUT2D eigenvalue weighted by molar-refractivity contribution is 7.89. The number of benzene rings is 2. The van der Waals surface area contributed by atoms with Gasteiger partial charge in [-0.2, -0.15) is 25.9 Å². The van der Waals surface area contributed by atoms with Crippen LogP contribution in [-0.4, -0.2) is 46.1 Å². The van der Waals surface area contributed by atoms with Crippen molar-refractivity contribution in [2.75, 3.05) is 14.2 Å². The maximum atomic E-state index is 13.6. The molecular formula is C24H28F3NO7S2. The van der Waals surface area contributed by atoms with E-state index in [2.05, 4.69) is 4.18 Å². The van der Waals surface area contributed by atoms with Crippen LogP contribution >= 0.6 is 0 Å². The molecule has 0 amide bonds. The quantitative estimate of drug-likeness (QED) is 0.275. The van der Waals surface area contributed by atoms with Crippen molar-refractivity contribution in [3.63, 3.8) is 0 Å². The van der Waals surface area contributed by atoms with Crippen LogP contribution in [0, 0.1) is 5.92 Å². The smallest absolute Gasteiger partial charge is 0.497 e. The highest BCUT2D eigenvalue weighted by Gasteiger charge is 2.49. The predicted octanol–water partition coefficient (Wildman–Crippen LogP) is 4.58. The fourth-order valence-electron chi connectivity index (χ4n) is 3.80. The van der Waals surface area contributed by atoms with Gasteiger partial charge in [0.15, 0.2) is 0 Å². The molecular weight excluding hydrogens is 535 g/mol. The summed E-state index contributed by atoms with van der Waals surface area (Å²) in [6.07, 6.45) is 1.20. The van der Waals surface area contributed by atoms with Crippen molar-refractivity contribution >= 4 is 20.1 Å². The van der Waals surface area contributed by atoms with Gasteiger partial charge >= 0.3 is 15.6 Å². The number of rotatable bonds is 12. The van der Waals surface area contributed by atoms with E-state index in [1.807, 2.05) is 0 Å². The second kappa shape index (κ2) is 11.3. The summed E-state index contributed by atoms with van der Waals surface area (Å²) in [7, 11) is -6.56. The molecule has 0 unspecified atom stereocenters. The minimum atomic E-state index is -5.74.